The van der Waals surface area contributed by atoms with E-state index in [0.717, 1.165) is 0 Å². The highest BCUT2D eigenvalue weighted by molar-refractivity contribution is 6.50. The van der Waals surface area contributed by atoms with Gasteiger partial charge in [0.1, 0.15) is 0 Å². The lowest BCUT2D eigenvalue weighted by molar-refractivity contribution is 0.0397. The quantitative estimate of drug-likeness (QED) is 0.561. The van der Waals surface area contributed by atoms with Crippen LogP contribution in [0.25, 0.3) is 0 Å². The van der Waals surface area contributed by atoms with Gasteiger partial charge in [0, 0.05) is 25.3 Å². The zero-order valence-corrected chi connectivity index (χ0v) is 10.8. The van der Waals surface area contributed by atoms with Crippen molar-refractivity contribution in [2.75, 3.05) is 13.6 Å². The predicted octanol–water partition coefficient (Wildman–Crippen LogP) is 3.65. The normalized spacial score (nSPS) is 21.1. The number of nitrogens with zero attached hydrogens (tertiary/aromatic N) is 2. The Hall–Kier alpha value is -0.715. The third kappa shape index (κ3) is 7.25. The van der Waals surface area contributed by atoms with E-state index in [1.54, 1.807) is 0 Å². The first-order valence-corrected chi connectivity index (χ1v) is 5.72. The van der Waals surface area contributed by atoms with Crippen molar-refractivity contribution in [1.29, 1.82) is 0 Å². The summed E-state index contributed by atoms with van der Waals surface area (Å²) in [6.07, 6.45) is 4.86. The first-order valence-electron chi connectivity index (χ1n) is 5.72. The molecule has 0 aromatic heterocycles. The van der Waals surface area contributed by atoms with Crippen molar-refractivity contribution < 1.29 is 18.7 Å². The Labute approximate surface area is 102 Å². The molecule has 0 radical (unpaired) electrons. The van der Waals surface area contributed by atoms with Gasteiger partial charge in [-0.2, -0.15) is 0 Å². The van der Waals surface area contributed by atoms with Gasteiger partial charge in [-0.15, -0.1) is 0 Å². The molecule has 0 saturated heterocycles. The van der Waals surface area contributed by atoms with Crippen LogP contribution in [0.15, 0.2) is 11.8 Å². The van der Waals surface area contributed by atoms with E-state index in [0.29, 0.717) is 6.04 Å². The van der Waals surface area contributed by atoms with Gasteiger partial charge in [0.15, 0.2) is 0 Å². The highest BCUT2D eigenvalue weighted by atomic mass is 19.5. The van der Waals surface area contributed by atoms with Crippen LogP contribution in [-0.2, 0) is 0 Å². The van der Waals surface area contributed by atoms with Gasteiger partial charge in [-0.05, 0) is 26.3 Å². The first kappa shape index (κ1) is 16.3. The fraction of sp³-hybridized carbons (Fsp3) is 0.800. The Kier molecular flexibility index (Phi) is 6.59. The second-order valence-corrected chi connectivity index (χ2v) is 4.09. The fourth-order valence-corrected chi connectivity index (χ4v) is 1.65. The molecule has 1 aliphatic heterocycles. The maximum atomic E-state index is 9.75. The van der Waals surface area contributed by atoms with Gasteiger partial charge >= 0.3 is 8.68 Å². The van der Waals surface area contributed by atoms with Crippen molar-refractivity contribution >= 4 is 7.25 Å². The lowest BCUT2D eigenvalue weighted by atomic mass is 10.3. The summed E-state index contributed by atoms with van der Waals surface area (Å²) >= 11 is 0. The summed E-state index contributed by atoms with van der Waals surface area (Å²) < 4.78 is 39.0. The standard InChI is InChI=1S/C10H20N2.BF4/c1-5-6-7-12-10(3)8-9(2)11(12)4;2-1(3,4)5/h8-9H,5-7H2,1-4H3;/q;-1/p+1. The molecule has 1 atom stereocenters. The molecule has 7 heteroatoms. The van der Waals surface area contributed by atoms with Crippen molar-refractivity contribution in [3.63, 3.8) is 0 Å². The molecule has 1 heterocycles. The van der Waals surface area contributed by atoms with E-state index in [4.69, 9.17) is 0 Å². The number of hydrazine groups is 1. The van der Waals surface area contributed by atoms with E-state index in [1.165, 1.54) is 25.1 Å². The second kappa shape index (κ2) is 6.88. The van der Waals surface area contributed by atoms with E-state index in [9.17, 15) is 17.3 Å². The molecule has 0 bridgehead atoms. The summed E-state index contributed by atoms with van der Waals surface area (Å²) in [5.74, 6) is 0. The van der Waals surface area contributed by atoms with Crippen LogP contribution in [0.4, 0.5) is 17.3 Å². The molecule has 0 spiro atoms. The SMILES string of the molecule is CCCCN1C(C)=CC(C)N1C.F[B-](F)(F)F.[H+]. The Morgan fingerprint density at radius 1 is 1.35 bits per heavy atom. The van der Waals surface area contributed by atoms with Crippen molar-refractivity contribution in [1.82, 2.24) is 10.0 Å². The lowest BCUT2D eigenvalue weighted by Crippen LogP contribution is -2.38. The number of unbranched alkanes of at least 4 members (excludes halogenated alkanes) is 1. The van der Waals surface area contributed by atoms with Crippen LogP contribution in [0.5, 0.6) is 0 Å². The van der Waals surface area contributed by atoms with E-state index >= 15 is 0 Å². The Morgan fingerprint density at radius 2 is 1.82 bits per heavy atom. The highest BCUT2D eigenvalue weighted by Gasteiger charge is 2.22. The molecule has 0 aromatic rings. The van der Waals surface area contributed by atoms with Gasteiger partial charge in [-0.25, -0.2) is 5.01 Å². The number of halogens is 4. The van der Waals surface area contributed by atoms with Crippen molar-refractivity contribution in [3.05, 3.63) is 11.8 Å². The van der Waals surface area contributed by atoms with Crippen molar-refractivity contribution in [3.8, 4) is 0 Å². The van der Waals surface area contributed by atoms with E-state index in [-0.39, 0.29) is 1.43 Å². The largest absolute Gasteiger partial charge is 1.00 e. The number of rotatable bonds is 3. The van der Waals surface area contributed by atoms with Gasteiger partial charge in [-0.1, -0.05) is 13.3 Å². The predicted molar refractivity (Wildman–Crippen MR) is 63.9 cm³/mol. The molecule has 0 amide bonds. The minimum atomic E-state index is -6.00. The fourth-order valence-electron chi connectivity index (χ4n) is 1.65. The summed E-state index contributed by atoms with van der Waals surface area (Å²) in [7, 11) is -3.84. The maximum absolute atomic E-state index is 9.75. The van der Waals surface area contributed by atoms with Crippen molar-refractivity contribution in [2.24, 2.45) is 0 Å². The minimum absolute atomic E-state index is 0. The summed E-state index contributed by atoms with van der Waals surface area (Å²) in [5, 5.41) is 4.68. The molecule has 102 valence electrons. The molecule has 1 unspecified atom stereocenters. The summed E-state index contributed by atoms with van der Waals surface area (Å²) in [4.78, 5) is 0. The molecule has 0 N–H and O–H groups in total. The third-order valence-corrected chi connectivity index (χ3v) is 2.58. The molecule has 0 aliphatic carbocycles. The zero-order chi connectivity index (χ0) is 13.6. The highest BCUT2D eigenvalue weighted by Crippen LogP contribution is 2.20. The number of likely N-dealkylation sites (N-methyl/N-ethyl adjacent to an activating group) is 1. The molecular formula is C10H21BF4N2. The second-order valence-electron chi connectivity index (χ2n) is 4.09. The average molecular weight is 256 g/mol. The van der Waals surface area contributed by atoms with E-state index in [2.05, 4.69) is 43.9 Å². The molecular weight excluding hydrogens is 235 g/mol. The average Bonchev–Trinajstić information content (AvgIpc) is 2.37. The van der Waals surface area contributed by atoms with Crippen LogP contribution in [-0.4, -0.2) is 36.9 Å². The molecule has 0 aromatic carbocycles. The Bertz CT molecular complexity index is 255. The smallest absolute Gasteiger partial charge is 0.418 e. The molecule has 1 aliphatic rings. The van der Waals surface area contributed by atoms with E-state index < -0.39 is 7.25 Å². The number of hydrogen-bond donors (Lipinski definition) is 0. The van der Waals surface area contributed by atoms with Gasteiger partial charge in [0.05, 0.1) is 0 Å². The minimum Gasteiger partial charge on any atom is -0.418 e. The van der Waals surface area contributed by atoms with Gasteiger partial charge < -0.3 is 22.3 Å². The molecule has 0 fully saturated rings. The monoisotopic (exact) mass is 256 g/mol. The number of hydrogen-bond acceptors (Lipinski definition) is 2. The van der Waals surface area contributed by atoms with Crippen LogP contribution < -0.4 is 0 Å². The molecule has 1 rings (SSSR count). The van der Waals surface area contributed by atoms with Gasteiger partial charge in [-0.3, -0.25) is 0 Å². The van der Waals surface area contributed by atoms with Gasteiger partial charge in [0.2, 0.25) is 0 Å². The van der Waals surface area contributed by atoms with Crippen LogP contribution in [0.1, 0.15) is 35.0 Å². The van der Waals surface area contributed by atoms with E-state index in [1.807, 2.05) is 0 Å². The van der Waals surface area contributed by atoms with Crippen molar-refractivity contribution in [2.45, 2.75) is 39.7 Å². The topological polar surface area (TPSA) is 6.48 Å². The van der Waals surface area contributed by atoms with Crippen LogP contribution >= 0.6 is 0 Å². The summed E-state index contributed by atoms with van der Waals surface area (Å²) in [6, 6.07) is 0.571. The molecule has 0 saturated carbocycles. The van der Waals surface area contributed by atoms with Crippen LogP contribution in [0, 0.1) is 0 Å². The summed E-state index contributed by atoms with van der Waals surface area (Å²) in [6.45, 7) is 7.82. The zero-order valence-electron chi connectivity index (χ0n) is 11.8. The number of allylic oxidation sites excluding steroid dienone is 1. The Balaban J connectivity index is 0. The Morgan fingerprint density at radius 3 is 2.12 bits per heavy atom. The maximum Gasteiger partial charge on any atom is 1.00 e. The van der Waals surface area contributed by atoms with Crippen LogP contribution in [0.2, 0.25) is 0 Å². The van der Waals surface area contributed by atoms with Gasteiger partial charge in [0.25, 0.3) is 0 Å². The first-order chi connectivity index (χ1) is 7.66. The molecule has 2 nitrogen and oxygen atoms in total. The summed E-state index contributed by atoms with van der Waals surface area (Å²) in [5.41, 5.74) is 1.40. The van der Waals surface area contributed by atoms with Crippen LogP contribution in [0.3, 0.4) is 0 Å². The molecule has 17 heavy (non-hydrogen) atoms. The third-order valence-electron chi connectivity index (χ3n) is 2.58. The lowest BCUT2D eigenvalue weighted by Gasteiger charge is -2.30.